The Bertz CT molecular complexity index is 1130. The largest absolute Gasteiger partial charge is 0.364 e. The number of pyridine rings is 1. The average Bonchev–Trinajstić information content (AvgIpc) is 3.21. The molecule has 0 spiro atoms. The number of nitrogens with two attached hydrogens (primary N) is 2. The van der Waals surface area contributed by atoms with Crippen molar-refractivity contribution in [1.29, 1.82) is 0 Å². The van der Waals surface area contributed by atoms with E-state index in [9.17, 15) is 4.79 Å². The highest BCUT2D eigenvalue weighted by atomic mass is 16.1. The smallest absolute Gasteiger partial charge is 0.236 e. The summed E-state index contributed by atoms with van der Waals surface area (Å²) < 4.78 is 1.24. The second-order valence-electron chi connectivity index (χ2n) is 6.77. The van der Waals surface area contributed by atoms with Gasteiger partial charge in [0.2, 0.25) is 6.41 Å². The van der Waals surface area contributed by atoms with Gasteiger partial charge in [-0.1, -0.05) is 44.2 Å². The van der Waals surface area contributed by atoms with Gasteiger partial charge < -0.3 is 16.8 Å². The van der Waals surface area contributed by atoms with Gasteiger partial charge in [0.25, 0.3) is 0 Å². The lowest BCUT2D eigenvalue weighted by Crippen LogP contribution is -2.03. The van der Waals surface area contributed by atoms with E-state index in [2.05, 4.69) is 51.8 Å². The zero-order chi connectivity index (χ0) is 22.2. The summed E-state index contributed by atoms with van der Waals surface area (Å²) >= 11 is 0. The van der Waals surface area contributed by atoms with Crippen molar-refractivity contribution >= 4 is 23.3 Å². The number of hydrogen-bond acceptors (Lipinski definition) is 6. The van der Waals surface area contributed by atoms with Gasteiger partial charge in [0.05, 0.1) is 5.39 Å². The van der Waals surface area contributed by atoms with E-state index in [1.807, 2.05) is 32.0 Å². The summed E-state index contributed by atoms with van der Waals surface area (Å²) in [6.45, 7) is 5.55. The summed E-state index contributed by atoms with van der Waals surface area (Å²) in [6, 6.07) is 18.2. The third-order valence-electron chi connectivity index (χ3n) is 4.84. The average molecular weight is 417 g/mol. The number of hydrogen-bond donors (Lipinski definition) is 3. The Morgan fingerprint density at radius 2 is 1.61 bits per heavy atom. The first-order valence-corrected chi connectivity index (χ1v) is 10.4. The molecule has 0 amide bonds. The molecule has 0 radical (unpaired) electrons. The van der Waals surface area contributed by atoms with Gasteiger partial charge in [-0.15, -0.1) is 5.10 Å². The van der Waals surface area contributed by atoms with Crippen molar-refractivity contribution in [2.75, 3.05) is 5.32 Å². The molecule has 4 rings (SSSR count). The first-order chi connectivity index (χ1) is 15.2. The fourth-order valence-electron chi connectivity index (χ4n) is 3.34. The number of carbonyl (C=O) groups is 1. The maximum absolute atomic E-state index is 11.2. The highest BCUT2D eigenvalue weighted by Crippen LogP contribution is 2.24. The Kier molecular flexibility index (Phi) is 7.48. The Morgan fingerprint density at radius 3 is 2.23 bits per heavy atom. The second-order valence-corrected chi connectivity index (χ2v) is 6.77. The number of benzene rings is 2. The van der Waals surface area contributed by atoms with E-state index in [0.717, 1.165) is 33.2 Å². The topological polar surface area (TPSA) is 112 Å². The number of fused-ring (bicyclic) bond motifs is 1. The fraction of sp³-hybridized carbons (Fsp3) is 0.208. The molecule has 0 aliphatic rings. The normalized spacial score (nSPS) is 10.5. The molecule has 0 aliphatic carbocycles. The van der Waals surface area contributed by atoms with Crippen LogP contribution in [-0.4, -0.2) is 21.2 Å². The Labute approximate surface area is 182 Å². The number of nitrogens with zero attached hydrogens (tertiary/aromatic N) is 3. The van der Waals surface area contributed by atoms with Crippen LogP contribution >= 0.6 is 0 Å². The van der Waals surface area contributed by atoms with Crippen molar-refractivity contribution in [3.8, 4) is 11.1 Å². The second kappa shape index (κ2) is 10.5. The Morgan fingerprint density at radius 1 is 0.935 bits per heavy atom. The maximum Gasteiger partial charge on any atom is 0.236 e. The van der Waals surface area contributed by atoms with Crippen LogP contribution in [0.5, 0.6) is 0 Å². The number of aromatic nitrogens is 3. The molecule has 7 heteroatoms. The molecule has 0 bridgehead atoms. The molecular formula is C24H28N6O. The van der Waals surface area contributed by atoms with Crippen molar-refractivity contribution in [3.63, 3.8) is 0 Å². The lowest BCUT2D eigenvalue weighted by molar-refractivity contribution is 0.542. The van der Waals surface area contributed by atoms with Gasteiger partial charge in [-0.2, -0.15) is 4.68 Å². The van der Waals surface area contributed by atoms with Crippen LogP contribution in [0.1, 0.15) is 30.5 Å². The van der Waals surface area contributed by atoms with Crippen molar-refractivity contribution in [1.82, 2.24) is 14.8 Å². The molecule has 0 atom stereocenters. The zero-order valence-electron chi connectivity index (χ0n) is 17.9. The van der Waals surface area contributed by atoms with Crippen LogP contribution in [0.25, 0.3) is 22.2 Å². The SMILES string of the molecule is CC.NCc1cc(CN)cc(-c2ccc(CNc3nn(C=O)c4ncccc34)cc2)c1. The monoisotopic (exact) mass is 416 g/mol. The van der Waals surface area contributed by atoms with E-state index >= 15 is 0 Å². The van der Waals surface area contributed by atoms with Gasteiger partial charge in [-0.05, 0) is 52.1 Å². The summed E-state index contributed by atoms with van der Waals surface area (Å²) in [5.74, 6) is 0.632. The molecule has 2 aromatic carbocycles. The van der Waals surface area contributed by atoms with Crippen LogP contribution in [0, 0.1) is 0 Å². The van der Waals surface area contributed by atoms with Crippen LogP contribution in [0.15, 0.2) is 60.8 Å². The van der Waals surface area contributed by atoms with Gasteiger partial charge in [-0.3, -0.25) is 4.79 Å². The Hall–Kier alpha value is -3.55. The van der Waals surface area contributed by atoms with E-state index in [-0.39, 0.29) is 0 Å². The molecule has 160 valence electrons. The quantitative estimate of drug-likeness (QED) is 0.396. The van der Waals surface area contributed by atoms with Crippen LogP contribution in [-0.2, 0) is 24.4 Å². The predicted molar refractivity (Wildman–Crippen MR) is 126 cm³/mol. The molecule has 0 fully saturated rings. The van der Waals surface area contributed by atoms with Gasteiger partial charge in [0.1, 0.15) is 0 Å². The summed E-state index contributed by atoms with van der Waals surface area (Å²) in [5, 5.41) is 8.38. The predicted octanol–water partition coefficient (Wildman–Crippen LogP) is 3.69. The molecule has 0 aliphatic heterocycles. The van der Waals surface area contributed by atoms with Crippen LogP contribution in [0.3, 0.4) is 0 Å². The summed E-state index contributed by atoms with van der Waals surface area (Å²) in [4.78, 5) is 15.4. The van der Waals surface area contributed by atoms with Crippen LogP contribution in [0.4, 0.5) is 5.82 Å². The highest BCUT2D eigenvalue weighted by molar-refractivity contribution is 5.90. The number of rotatable bonds is 7. The molecule has 2 aromatic heterocycles. The molecule has 2 heterocycles. The third-order valence-corrected chi connectivity index (χ3v) is 4.84. The molecule has 0 saturated heterocycles. The summed E-state index contributed by atoms with van der Waals surface area (Å²) in [5.41, 5.74) is 17.6. The lowest BCUT2D eigenvalue weighted by atomic mass is 9.99. The van der Waals surface area contributed by atoms with Crippen molar-refractivity contribution in [3.05, 3.63) is 77.5 Å². The number of nitrogens with one attached hydrogen (secondary N) is 1. The highest BCUT2D eigenvalue weighted by Gasteiger charge is 2.10. The molecule has 0 saturated carbocycles. The molecule has 31 heavy (non-hydrogen) atoms. The third kappa shape index (κ3) is 4.96. The minimum absolute atomic E-state index is 0.485. The minimum atomic E-state index is 0.485. The standard InChI is InChI=1S/C22H22N6O.C2H6/c23-11-16-8-17(12-24)10-19(9-16)18-5-3-15(4-6-18)13-26-21-20-2-1-7-25-22(20)28(14-29)27-21;1-2/h1-10,14H,11-13,23-24H2,(H,26,27);1-2H3. The maximum atomic E-state index is 11.2. The molecule has 7 nitrogen and oxygen atoms in total. The van der Waals surface area contributed by atoms with Crippen molar-refractivity contribution < 1.29 is 4.79 Å². The molecular weight excluding hydrogens is 388 g/mol. The number of anilines is 1. The summed E-state index contributed by atoms with van der Waals surface area (Å²) in [6.07, 6.45) is 2.29. The molecule has 4 aromatic rings. The number of carbonyl (C=O) groups excluding carboxylic acids is 1. The van der Waals surface area contributed by atoms with E-state index in [1.165, 1.54) is 4.68 Å². The van der Waals surface area contributed by atoms with E-state index in [4.69, 9.17) is 11.5 Å². The van der Waals surface area contributed by atoms with E-state index in [1.54, 1.807) is 6.20 Å². The zero-order valence-corrected chi connectivity index (χ0v) is 17.9. The van der Waals surface area contributed by atoms with Gasteiger partial charge in [-0.25, -0.2) is 4.98 Å². The summed E-state index contributed by atoms with van der Waals surface area (Å²) in [7, 11) is 0. The molecule has 0 unspecified atom stereocenters. The van der Waals surface area contributed by atoms with Gasteiger partial charge in [0.15, 0.2) is 11.5 Å². The molecule has 5 N–H and O–H groups in total. The van der Waals surface area contributed by atoms with E-state index < -0.39 is 0 Å². The van der Waals surface area contributed by atoms with E-state index in [0.29, 0.717) is 37.5 Å². The first kappa shape index (κ1) is 22.1. The lowest BCUT2D eigenvalue weighted by Gasteiger charge is -2.09. The van der Waals surface area contributed by atoms with Crippen LogP contribution in [0.2, 0.25) is 0 Å². The van der Waals surface area contributed by atoms with Gasteiger partial charge >= 0.3 is 0 Å². The first-order valence-electron chi connectivity index (χ1n) is 10.4. The van der Waals surface area contributed by atoms with Gasteiger partial charge in [0, 0.05) is 25.8 Å². The van der Waals surface area contributed by atoms with Crippen molar-refractivity contribution in [2.24, 2.45) is 11.5 Å². The van der Waals surface area contributed by atoms with Crippen LogP contribution < -0.4 is 16.8 Å². The minimum Gasteiger partial charge on any atom is -0.364 e. The van der Waals surface area contributed by atoms with Crippen molar-refractivity contribution in [2.45, 2.75) is 33.5 Å². The fourth-order valence-corrected chi connectivity index (χ4v) is 3.34. The Balaban J connectivity index is 0.00000132.